The molecule has 0 N–H and O–H groups in total. The average Bonchev–Trinajstić information content (AvgIpc) is 1.51. The largest absolute Gasteiger partial charge is 0.458 e. The zero-order chi connectivity index (χ0) is 68.1. The smallest absolute Gasteiger partial charge is 0.269 e. The summed E-state index contributed by atoms with van der Waals surface area (Å²) in [6.45, 7) is 14.9. The van der Waals surface area contributed by atoms with E-state index in [0.29, 0.717) is 28.2 Å². The standard InChI is InChI=1S/C86H72N4O2/c1-52-22-20-23-53(2)81(52)57-44-71(54-34-37-79-72(42-54)70-31-17-19-33-78(70)92-79)82-73(45-57)66-28-14-12-26-64(66)65-27-13-15-29-67(65)74-43-56(55-40-59(85(6,7)8)47-60(41-55)86(9,10)11)46-77-83(74)89(82)51-88(77)61-24-21-25-62(49-61)91-63-35-36-69-68-30-16-18-32-75(68)90(76(69)50-63)80-48-58(38-39-87-80)84(3,4)5/h12-50H,1-11H3/i1D3,2D3. The third kappa shape index (κ3) is 9.45. The molecule has 0 spiro atoms. The summed E-state index contributed by atoms with van der Waals surface area (Å²) in [5.41, 5.74) is 19.3. The summed E-state index contributed by atoms with van der Waals surface area (Å²) in [6, 6.07) is 78.6. The predicted molar refractivity (Wildman–Crippen MR) is 381 cm³/mol. The van der Waals surface area contributed by atoms with Gasteiger partial charge >= 0.3 is 0 Å². The number of ether oxygens (including phenoxy) is 1. The Bertz CT molecular complexity index is 5720. The number of furan rings is 1. The molecule has 0 fully saturated rings. The molecule has 0 atom stereocenters. The fourth-order valence-corrected chi connectivity index (χ4v) is 13.8. The molecule has 0 saturated heterocycles. The summed E-state index contributed by atoms with van der Waals surface area (Å²) in [6.07, 6.45) is 5.95. The number of pyridine rings is 1. The maximum Gasteiger partial charge on any atom is 0.269 e. The zero-order valence-electron chi connectivity index (χ0n) is 59.1. The van der Waals surface area contributed by atoms with E-state index in [1.165, 1.54) is 28.8 Å². The first-order valence-electron chi connectivity index (χ1n) is 34.7. The van der Waals surface area contributed by atoms with Crippen molar-refractivity contribution in [2.24, 2.45) is 0 Å². The van der Waals surface area contributed by atoms with E-state index in [1.54, 1.807) is 6.07 Å². The lowest BCUT2D eigenvalue weighted by molar-refractivity contribution is -0.570. The van der Waals surface area contributed by atoms with Gasteiger partial charge in [0, 0.05) is 42.0 Å². The van der Waals surface area contributed by atoms with Crippen LogP contribution < -0.4 is 9.30 Å². The van der Waals surface area contributed by atoms with Crippen LogP contribution in [0.3, 0.4) is 0 Å². The van der Waals surface area contributed by atoms with Crippen molar-refractivity contribution in [3.63, 3.8) is 0 Å². The fraction of sp³-hybridized carbons (Fsp3) is 0.163. The second kappa shape index (κ2) is 21.0. The summed E-state index contributed by atoms with van der Waals surface area (Å²) in [7, 11) is 0. The Morgan fingerprint density at radius 2 is 1.02 bits per heavy atom. The normalized spacial score (nSPS) is 13.8. The Morgan fingerprint density at radius 1 is 0.424 bits per heavy atom. The molecule has 1 aliphatic heterocycles. The highest BCUT2D eigenvalue weighted by molar-refractivity contribution is 6.10. The average molecular weight is 1200 g/mol. The number of rotatable bonds is 7. The van der Waals surface area contributed by atoms with Crippen molar-refractivity contribution in [2.45, 2.75) is 92.3 Å². The number of hydrogen-bond acceptors (Lipinski definition) is 3. The second-order valence-corrected chi connectivity index (χ2v) is 27.8. The summed E-state index contributed by atoms with van der Waals surface area (Å²) in [4.78, 5) is 4.96. The molecule has 15 aromatic rings. The lowest BCUT2D eigenvalue weighted by Gasteiger charge is -2.26. The maximum absolute atomic E-state index is 9.03. The van der Waals surface area contributed by atoms with E-state index in [-0.39, 0.29) is 32.9 Å². The molecule has 0 unspecified atom stereocenters. The van der Waals surface area contributed by atoms with Crippen molar-refractivity contribution in [3.05, 3.63) is 271 Å². The van der Waals surface area contributed by atoms with Gasteiger partial charge < -0.3 is 9.15 Å². The molecule has 11 aromatic carbocycles. The van der Waals surface area contributed by atoms with Crippen molar-refractivity contribution in [1.29, 1.82) is 0 Å². The first-order chi connectivity index (χ1) is 46.7. The van der Waals surface area contributed by atoms with Gasteiger partial charge in [0.25, 0.3) is 6.33 Å². The van der Waals surface area contributed by atoms with Gasteiger partial charge in [-0.2, -0.15) is 0 Å². The van der Waals surface area contributed by atoms with Crippen LogP contribution in [0.25, 0.3) is 139 Å². The minimum atomic E-state index is -2.69. The quantitative estimate of drug-likeness (QED) is 0.118. The molecular formula is C86H72N4O2. The van der Waals surface area contributed by atoms with Gasteiger partial charge in [-0.25, -0.2) is 4.98 Å². The SMILES string of the molecule is [2H]C([2H])([2H])c1cccc(C([2H])([2H])[2H])c1-c1cc(-c2ccc3oc4ccccc4c3c2)c2c(c1)-c1ccccc1-c1ccccc1-c1cc(-c3cc(C(C)(C)C)cc(C(C)(C)C)c3)cc3c1[n+]-2[c-]n3-c1cccc(Oc2ccc3c4ccccc4n(-c4cc(C(C)(C)C)ccn4)c3c2)c1. The lowest BCUT2D eigenvalue weighted by atomic mass is 9.78. The van der Waals surface area contributed by atoms with Crippen molar-refractivity contribution < 1.29 is 21.9 Å². The van der Waals surface area contributed by atoms with Gasteiger partial charge in [-0.1, -0.05) is 202 Å². The Balaban J connectivity index is 1.01. The van der Waals surface area contributed by atoms with Crippen LogP contribution in [-0.2, 0) is 16.2 Å². The van der Waals surface area contributed by atoms with Crippen molar-refractivity contribution in [2.75, 3.05) is 0 Å². The van der Waals surface area contributed by atoms with Crippen LogP contribution in [0.15, 0.2) is 241 Å². The van der Waals surface area contributed by atoms with Crippen LogP contribution in [-0.4, -0.2) is 14.1 Å². The minimum absolute atomic E-state index is 0.0573. The van der Waals surface area contributed by atoms with Crippen LogP contribution >= 0.6 is 0 Å². The Morgan fingerprint density at radius 3 is 1.74 bits per heavy atom. The fourth-order valence-electron chi connectivity index (χ4n) is 13.8. The molecule has 0 bridgehead atoms. The lowest BCUT2D eigenvalue weighted by Crippen LogP contribution is -2.32. The molecule has 0 saturated carbocycles. The Hall–Kier alpha value is -10.6. The van der Waals surface area contributed by atoms with E-state index in [0.717, 1.165) is 116 Å². The molecule has 92 heavy (non-hydrogen) atoms. The Labute approximate surface area is 546 Å². The van der Waals surface area contributed by atoms with Gasteiger partial charge in [-0.05, 0) is 209 Å². The molecule has 448 valence electrons. The monoisotopic (exact) mass is 1200 g/mol. The van der Waals surface area contributed by atoms with Gasteiger partial charge in [0.15, 0.2) is 0 Å². The number of fused-ring (bicyclic) bond motifs is 13. The van der Waals surface area contributed by atoms with E-state index in [2.05, 4.69) is 228 Å². The highest BCUT2D eigenvalue weighted by atomic mass is 16.5. The topological polar surface area (TPSA) is 49.0 Å². The van der Waals surface area contributed by atoms with E-state index in [1.807, 2.05) is 72.9 Å². The van der Waals surface area contributed by atoms with Crippen LogP contribution in [0.1, 0.15) is 98.4 Å². The number of para-hydroxylation sites is 2. The molecule has 0 radical (unpaired) electrons. The third-order valence-corrected chi connectivity index (χ3v) is 18.6. The number of aryl methyl sites for hydroxylation is 2. The molecule has 6 nitrogen and oxygen atoms in total. The predicted octanol–water partition coefficient (Wildman–Crippen LogP) is 22.7. The molecule has 4 aromatic heterocycles. The van der Waals surface area contributed by atoms with Crippen molar-refractivity contribution in [3.8, 4) is 95.5 Å². The van der Waals surface area contributed by atoms with Crippen LogP contribution in [0.4, 0.5) is 0 Å². The molecule has 5 heterocycles. The summed E-state index contributed by atoms with van der Waals surface area (Å²) in [5, 5.41) is 4.01. The minimum Gasteiger partial charge on any atom is -0.458 e. The number of nitrogens with zero attached hydrogens (tertiary/aromatic N) is 4. The van der Waals surface area contributed by atoms with Crippen LogP contribution in [0.5, 0.6) is 11.5 Å². The highest BCUT2D eigenvalue weighted by Crippen LogP contribution is 2.49. The van der Waals surface area contributed by atoms with E-state index < -0.39 is 13.7 Å². The van der Waals surface area contributed by atoms with E-state index in [9.17, 15) is 0 Å². The molecule has 16 rings (SSSR count). The third-order valence-electron chi connectivity index (χ3n) is 18.6. The van der Waals surface area contributed by atoms with Gasteiger partial charge in [-0.15, -0.1) is 0 Å². The maximum atomic E-state index is 9.03. The number of hydrogen-bond donors (Lipinski definition) is 0. The molecular weight excluding hydrogens is 1120 g/mol. The Kier molecular flexibility index (Phi) is 11.5. The first kappa shape index (κ1) is 50.2. The zero-order valence-corrected chi connectivity index (χ0v) is 53.1. The van der Waals surface area contributed by atoms with E-state index in [4.69, 9.17) is 22.4 Å². The first-order valence-corrected chi connectivity index (χ1v) is 31.7. The van der Waals surface area contributed by atoms with E-state index >= 15 is 0 Å². The molecule has 0 aliphatic carbocycles. The summed E-state index contributed by atoms with van der Waals surface area (Å²) >= 11 is 0. The number of imidazole rings is 1. The summed E-state index contributed by atoms with van der Waals surface area (Å²) < 4.78 is 74.3. The van der Waals surface area contributed by atoms with Crippen molar-refractivity contribution >= 4 is 54.8 Å². The second-order valence-electron chi connectivity index (χ2n) is 27.8. The van der Waals surface area contributed by atoms with Crippen LogP contribution in [0.2, 0.25) is 0 Å². The highest BCUT2D eigenvalue weighted by Gasteiger charge is 2.30. The number of aromatic nitrogens is 4. The molecule has 6 heteroatoms. The van der Waals surface area contributed by atoms with Gasteiger partial charge in [-0.3, -0.25) is 13.7 Å². The van der Waals surface area contributed by atoms with Gasteiger partial charge in [0.2, 0.25) is 0 Å². The number of benzene rings is 11. The van der Waals surface area contributed by atoms with Crippen LogP contribution in [0, 0.1) is 20.0 Å². The van der Waals surface area contributed by atoms with Crippen molar-refractivity contribution in [1.82, 2.24) is 14.1 Å². The summed E-state index contributed by atoms with van der Waals surface area (Å²) in [5.74, 6) is 2.08. The van der Waals surface area contributed by atoms with Gasteiger partial charge in [0.05, 0.1) is 33.4 Å². The molecule has 1 aliphatic rings. The van der Waals surface area contributed by atoms with Gasteiger partial charge in [0.1, 0.15) is 28.5 Å². The molecule has 0 amide bonds.